The first-order valence-corrected chi connectivity index (χ1v) is 29.7. The Balaban J connectivity index is 4.35. The van der Waals surface area contributed by atoms with Gasteiger partial charge in [-0.05, 0) is 77.0 Å². The van der Waals surface area contributed by atoms with Gasteiger partial charge in [0.15, 0.2) is 6.10 Å². The van der Waals surface area contributed by atoms with Crippen molar-refractivity contribution in [3.05, 3.63) is 48.6 Å². The molecule has 68 heavy (non-hydrogen) atoms. The van der Waals surface area contributed by atoms with E-state index in [-0.39, 0.29) is 31.1 Å². The van der Waals surface area contributed by atoms with Crippen LogP contribution in [0.3, 0.4) is 0 Å². The second kappa shape index (κ2) is 57.0. The van der Waals surface area contributed by atoms with Crippen LogP contribution in [0.2, 0.25) is 0 Å². The van der Waals surface area contributed by atoms with Crippen molar-refractivity contribution in [2.75, 3.05) is 13.2 Å². The van der Waals surface area contributed by atoms with Crippen molar-refractivity contribution in [2.45, 2.75) is 316 Å². The fourth-order valence-corrected chi connectivity index (χ4v) is 8.58. The number of carbonyl (C=O) groups is 3. The minimum atomic E-state index is -0.777. The van der Waals surface area contributed by atoms with Gasteiger partial charge >= 0.3 is 17.9 Å². The molecular formula is C62H112O6. The van der Waals surface area contributed by atoms with Crippen molar-refractivity contribution in [2.24, 2.45) is 0 Å². The Labute approximate surface area is 422 Å². The molecule has 0 heterocycles. The molecule has 0 aliphatic carbocycles. The molecule has 0 saturated heterocycles. The van der Waals surface area contributed by atoms with Crippen molar-refractivity contribution in [1.82, 2.24) is 0 Å². The van der Waals surface area contributed by atoms with Crippen molar-refractivity contribution in [3.63, 3.8) is 0 Å². The minimum absolute atomic E-state index is 0.0741. The highest BCUT2D eigenvalue weighted by atomic mass is 16.6. The Kier molecular flexibility index (Phi) is 54.8. The molecule has 0 spiro atoms. The second-order valence-corrected chi connectivity index (χ2v) is 19.9. The normalized spacial score (nSPS) is 12.3. The van der Waals surface area contributed by atoms with Gasteiger partial charge < -0.3 is 14.2 Å². The summed E-state index contributed by atoms with van der Waals surface area (Å²) in [4.78, 5) is 38.2. The van der Waals surface area contributed by atoms with E-state index >= 15 is 0 Å². The van der Waals surface area contributed by atoms with E-state index in [1.54, 1.807) is 0 Å². The Bertz CT molecular complexity index is 1190. The van der Waals surface area contributed by atoms with Crippen LogP contribution in [0.15, 0.2) is 48.6 Å². The molecule has 1 unspecified atom stereocenters. The standard InChI is InChI=1S/C62H112O6/c1-4-7-10-13-16-19-22-25-28-30-31-33-34-37-40-43-46-49-52-55-61(64)67-58-59(57-66-60(63)54-51-48-45-42-39-36-27-24-21-18-15-12-9-6-3)68-62(65)56-53-50-47-44-41-38-35-32-29-26-23-20-17-14-11-8-5-2/h16-17,19-20,22,25-26,29,59H,4-15,18,21,23-24,27-28,30-58H2,1-3H3/b19-16-,20-17-,25-22-,29-26-. The lowest BCUT2D eigenvalue weighted by Crippen LogP contribution is -2.30. The second-order valence-electron chi connectivity index (χ2n) is 19.9. The van der Waals surface area contributed by atoms with Gasteiger partial charge in [0.2, 0.25) is 0 Å². The van der Waals surface area contributed by atoms with Crippen LogP contribution in [0.25, 0.3) is 0 Å². The molecule has 6 nitrogen and oxygen atoms in total. The van der Waals surface area contributed by atoms with E-state index in [1.165, 1.54) is 199 Å². The van der Waals surface area contributed by atoms with Crippen LogP contribution >= 0.6 is 0 Å². The quantitative estimate of drug-likeness (QED) is 0.0199. The first-order valence-electron chi connectivity index (χ1n) is 29.7. The third-order valence-electron chi connectivity index (χ3n) is 13.1. The fraction of sp³-hybridized carbons (Fsp3) is 0.823. The predicted octanol–water partition coefficient (Wildman–Crippen LogP) is 19.8. The van der Waals surface area contributed by atoms with Gasteiger partial charge in [0.05, 0.1) is 0 Å². The number of esters is 3. The van der Waals surface area contributed by atoms with E-state index in [0.717, 1.165) is 70.6 Å². The molecule has 0 fully saturated rings. The Morgan fingerprint density at radius 1 is 0.309 bits per heavy atom. The third kappa shape index (κ3) is 54.3. The van der Waals surface area contributed by atoms with Gasteiger partial charge in [-0.15, -0.1) is 0 Å². The summed E-state index contributed by atoms with van der Waals surface area (Å²) >= 11 is 0. The molecule has 0 N–H and O–H groups in total. The molecule has 6 heteroatoms. The first-order chi connectivity index (χ1) is 33.5. The van der Waals surface area contributed by atoms with Crippen LogP contribution in [0.5, 0.6) is 0 Å². The summed E-state index contributed by atoms with van der Waals surface area (Å²) < 4.78 is 16.9. The van der Waals surface area contributed by atoms with E-state index in [9.17, 15) is 14.4 Å². The minimum Gasteiger partial charge on any atom is -0.462 e. The number of hydrogen-bond donors (Lipinski definition) is 0. The van der Waals surface area contributed by atoms with E-state index in [1.807, 2.05) is 0 Å². The molecule has 0 radical (unpaired) electrons. The van der Waals surface area contributed by atoms with Gasteiger partial charge in [-0.2, -0.15) is 0 Å². The van der Waals surface area contributed by atoms with Crippen LogP contribution in [-0.2, 0) is 28.6 Å². The van der Waals surface area contributed by atoms with E-state index in [0.29, 0.717) is 19.3 Å². The van der Waals surface area contributed by atoms with Crippen LogP contribution < -0.4 is 0 Å². The summed E-state index contributed by atoms with van der Waals surface area (Å²) in [5, 5.41) is 0. The summed E-state index contributed by atoms with van der Waals surface area (Å²) in [6, 6.07) is 0. The topological polar surface area (TPSA) is 78.9 Å². The molecule has 0 amide bonds. The van der Waals surface area contributed by atoms with Gasteiger partial charge in [0, 0.05) is 19.3 Å². The van der Waals surface area contributed by atoms with Crippen molar-refractivity contribution < 1.29 is 28.6 Å². The molecule has 1 atom stereocenters. The highest BCUT2D eigenvalue weighted by molar-refractivity contribution is 5.71. The SMILES string of the molecule is CCCCC/C=C\C=C/CCCCCCCCCCCCC(=O)OCC(COC(=O)CCCCCCCCCCCCCCCC)OC(=O)CCCCCCCCC/C=C\C/C=C\CCCCC. The number of hydrogen-bond acceptors (Lipinski definition) is 6. The lowest BCUT2D eigenvalue weighted by molar-refractivity contribution is -0.167. The molecule has 0 aromatic heterocycles. The van der Waals surface area contributed by atoms with Crippen molar-refractivity contribution in [1.29, 1.82) is 0 Å². The molecule has 0 saturated carbocycles. The van der Waals surface area contributed by atoms with Gasteiger partial charge in [-0.3, -0.25) is 14.4 Å². The number of carbonyl (C=O) groups excluding carboxylic acids is 3. The zero-order valence-electron chi connectivity index (χ0n) is 45.4. The van der Waals surface area contributed by atoms with Crippen molar-refractivity contribution in [3.8, 4) is 0 Å². The smallest absolute Gasteiger partial charge is 0.306 e. The Morgan fingerprint density at radius 3 is 0.926 bits per heavy atom. The molecule has 0 aromatic rings. The first kappa shape index (κ1) is 65.4. The molecule has 0 aliphatic heterocycles. The predicted molar refractivity (Wildman–Crippen MR) is 293 cm³/mol. The van der Waals surface area contributed by atoms with E-state index in [2.05, 4.69) is 69.4 Å². The molecule has 396 valence electrons. The number of allylic oxidation sites excluding steroid dienone is 8. The maximum atomic E-state index is 12.9. The summed E-state index contributed by atoms with van der Waals surface area (Å²) in [5.41, 5.74) is 0. The number of unbranched alkanes of at least 4 members (excludes halogenated alkanes) is 36. The van der Waals surface area contributed by atoms with Crippen LogP contribution in [0, 0.1) is 0 Å². The maximum Gasteiger partial charge on any atom is 0.306 e. The highest BCUT2D eigenvalue weighted by Gasteiger charge is 2.19. The summed E-state index contributed by atoms with van der Waals surface area (Å²) in [7, 11) is 0. The zero-order valence-corrected chi connectivity index (χ0v) is 45.4. The van der Waals surface area contributed by atoms with Crippen LogP contribution in [-0.4, -0.2) is 37.2 Å². The van der Waals surface area contributed by atoms with Crippen molar-refractivity contribution >= 4 is 17.9 Å². The number of rotatable bonds is 54. The molecule has 0 bridgehead atoms. The fourth-order valence-electron chi connectivity index (χ4n) is 8.58. The molecule has 0 aromatic carbocycles. The number of ether oxygens (including phenoxy) is 3. The summed E-state index contributed by atoms with van der Waals surface area (Å²) in [6.45, 7) is 6.62. The molecular weight excluding hydrogens is 841 g/mol. The van der Waals surface area contributed by atoms with Crippen LogP contribution in [0.4, 0.5) is 0 Å². The lowest BCUT2D eigenvalue weighted by atomic mass is 10.0. The average Bonchev–Trinajstić information content (AvgIpc) is 3.34. The Hall–Kier alpha value is -2.63. The zero-order chi connectivity index (χ0) is 49.3. The largest absolute Gasteiger partial charge is 0.462 e. The molecule has 0 rings (SSSR count). The lowest BCUT2D eigenvalue weighted by Gasteiger charge is -2.18. The summed E-state index contributed by atoms with van der Waals surface area (Å²) in [6.07, 6.45) is 69.5. The van der Waals surface area contributed by atoms with E-state index < -0.39 is 6.10 Å². The monoisotopic (exact) mass is 953 g/mol. The van der Waals surface area contributed by atoms with Gasteiger partial charge in [-0.1, -0.05) is 262 Å². The molecule has 0 aliphatic rings. The van der Waals surface area contributed by atoms with Gasteiger partial charge in [0.1, 0.15) is 13.2 Å². The van der Waals surface area contributed by atoms with Gasteiger partial charge in [-0.25, -0.2) is 0 Å². The maximum absolute atomic E-state index is 12.9. The van der Waals surface area contributed by atoms with Gasteiger partial charge in [0.25, 0.3) is 0 Å². The third-order valence-corrected chi connectivity index (χ3v) is 13.1. The highest BCUT2D eigenvalue weighted by Crippen LogP contribution is 2.16. The summed E-state index contributed by atoms with van der Waals surface area (Å²) in [5.74, 6) is -0.869. The van der Waals surface area contributed by atoms with E-state index in [4.69, 9.17) is 14.2 Å². The average molecular weight is 954 g/mol. The van der Waals surface area contributed by atoms with Crippen LogP contribution in [0.1, 0.15) is 310 Å². The Morgan fingerprint density at radius 2 is 0.574 bits per heavy atom.